The molecule has 2 aromatic rings. The highest BCUT2D eigenvalue weighted by Crippen LogP contribution is 2.20. The Labute approximate surface area is 248 Å². The van der Waals surface area contributed by atoms with Crippen LogP contribution in [0, 0.1) is 0 Å². The first-order valence-electron chi connectivity index (χ1n) is 14.8. The van der Waals surface area contributed by atoms with Gasteiger partial charge in [0.05, 0.1) is 11.7 Å². The minimum Gasteiger partial charge on any atom is -0.444 e. The molecule has 0 radical (unpaired) electrons. The normalized spacial score (nSPS) is 16.1. The van der Waals surface area contributed by atoms with Crippen molar-refractivity contribution in [2.45, 2.75) is 92.0 Å². The highest BCUT2D eigenvalue weighted by Gasteiger charge is 2.28. The number of likely N-dealkylation sites (tertiary alicyclic amines) is 1. The van der Waals surface area contributed by atoms with Crippen LogP contribution in [0.25, 0.3) is 0 Å². The van der Waals surface area contributed by atoms with Crippen LogP contribution in [0.1, 0.15) is 78.4 Å². The molecular weight excluding hydrogens is 510 g/mol. The van der Waals surface area contributed by atoms with Crippen molar-refractivity contribution in [2.75, 3.05) is 13.1 Å². The number of nitrogens with one attached hydrogen (secondary N) is 1. The van der Waals surface area contributed by atoms with Crippen LogP contribution >= 0.6 is 0 Å². The van der Waals surface area contributed by atoms with Crippen LogP contribution in [0.3, 0.4) is 0 Å². The zero-order valence-corrected chi connectivity index (χ0v) is 26.0. The second kappa shape index (κ2) is 17.2. The van der Waals surface area contributed by atoms with E-state index < -0.39 is 5.60 Å². The molecule has 1 aliphatic heterocycles. The Balaban J connectivity index is 0.00000138. The lowest BCUT2D eigenvalue weighted by Crippen LogP contribution is -2.45. The Hall–Kier alpha value is -3.74. The summed E-state index contributed by atoms with van der Waals surface area (Å²) in [5, 5.41) is 3.15. The zero-order chi connectivity index (χ0) is 30.3. The number of amidine groups is 1. The smallest absolute Gasteiger partial charge is 0.410 e. The maximum absolute atomic E-state index is 12.6. The third-order valence-electron chi connectivity index (χ3n) is 6.65. The topological polar surface area (TPSA) is 83.2 Å². The van der Waals surface area contributed by atoms with Crippen molar-refractivity contribution in [2.24, 2.45) is 10.7 Å². The molecule has 1 saturated heterocycles. The van der Waals surface area contributed by atoms with E-state index in [1.54, 1.807) is 11.1 Å². The number of carbonyl (C=O) groups excluding carboxylic acids is 1. The Morgan fingerprint density at radius 2 is 1.61 bits per heavy atom. The lowest BCUT2D eigenvalue weighted by atomic mass is 10.1. The number of rotatable bonds is 9. The summed E-state index contributed by atoms with van der Waals surface area (Å²) in [4.78, 5) is 21.6. The van der Waals surface area contributed by atoms with Gasteiger partial charge in [-0.15, -0.1) is 0 Å². The third-order valence-corrected chi connectivity index (χ3v) is 6.65. The van der Waals surface area contributed by atoms with E-state index in [-0.39, 0.29) is 12.1 Å². The van der Waals surface area contributed by atoms with Gasteiger partial charge in [0.15, 0.2) is 5.84 Å². The molecule has 7 nitrogen and oxygen atoms in total. The monoisotopic (exact) mass is 561 g/mol. The van der Waals surface area contributed by atoms with Gasteiger partial charge in [0.1, 0.15) is 5.60 Å². The third kappa shape index (κ3) is 12.1. The number of amides is 1. The summed E-state index contributed by atoms with van der Waals surface area (Å²) in [6.45, 7) is 18.4. The van der Waals surface area contributed by atoms with Crippen molar-refractivity contribution in [1.29, 1.82) is 0 Å². The number of aliphatic imine (C=N–C) groups is 1. The molecule has 0 spiro atoms. The van der Waals surface area contributed by atoms with Crippen LogP contribution in [0.15, 0.2) is 89.8 Å². The van der Waals surface area contributed by atoms with E-state index in [4.69, 9.17) is 15.5 Å². The van der Waals surface area contributed by atoms with Gasteiger partial charge < -0.3 is 25.6 Å². The van der Waals surface area contributed by atoms with E-state index in [1.165, 1.54) is 24.0 Å². The summed E-state index contributed by atoms with van der Waals surface area (Å²) < 4.78 is 5.57. The minimum atomic E-state index is -0.534. The molecule has 0 aliphatic carbocycles. The van der Waals surface area contributed by atoms with E-state index in [0.29, 0.717) is 37.7 Å². The van der Waals surface area contributed by atoms with Gasteiger partial charge in [0.25, 0.3) is 0 Å². The maximum Gasteiger partial charge on any atom is 0.410 e. The van der Waals surface area contributed by atoms with Gasteiger partial charge in [0.2, 0.25) is 0 Å². The molecule has 224 valence electrons. The van der Waals surface area contributed by atoms with Crippen molar-refractivity contribution >= 4 is 11.9 Å². The number of piperidine rings is 1. The Bertz CT molecular complexity index is 1080. The maximum atomic E-state index is 12.6. The largest absolute Gasteiger partial charge is 0.444 e. The number of hydrogen-bond acceptors (Lipinski definition) is 5. The van der Waals surface area contributed by atoms with Gasteiger partial charge in [-0.3, -0.25) is 4.99 Å². The summed E-state index contributed by atoms with van der Waals surface area (Å²) in [6, 6.07) is 20.6. The fourth-order valence-electron chi connectivity index (χ4n) is 4.26. The molecule has 1 atom stereocenters. The summed E-state index contributed by atoms with van der Waals surface area (Å²) in [6.07, 6.45) is 5.64. The number of allylic oxidation sites excluding steroid dienone is 1. The van der Waals surface area contributed by atoms with E-state index >= 15 is 0 Å². The summed E-state index contributed by atoms with van der Waals surface area (Å²) >= 11 is 0. The van der Waals surface area contributed by atoms with Gasteiger partial charge in [-0.1, -0.05) is 93.9 Å². The van der Waals surface area contributed by atoms with E-state index in [0.717, 1.165) is 18.5 Å². The molecule has 1 amide bonds. The second-order valence-corrected chi connectivity index (χ2v) is 11.4. The fourth-order valence-corrected chi connectivity index (χ4v) is 4.26. The van der Waals surface area contributed by atoms with Crippen molar-refractivity contribution in [3.05, 3.63) is 96.0 Å². The van der Waals surface area contributed by atoms with Gasteiger partial charge >= 0.3 is 6.09 Å². The summed E-state index contributed by atoms with van der Waals surface area (Å²) in [7, 11) is 0. The molecule has 3 N–H and O–H groups in total. The predicted octanol–water partition coefficient (Wildman–Crippen LogP) is 7.22. The SMILES string of the molecule is C=CNC(=NC1CCCN(C(=O)OC(C)(C)C)C1)/C(N)=C(\C)N(Cc1ccccc1)Cc1ccccc1.CCCC. The van der Waals surface area contributed by atoms with Crippen molar-refractivity contribution in [3.8, 4) is 0 Å². The first-order valence-corrected chi connectivity index (χ1v) is 14.8. The van der Waals surface area contributed by atoms with Crippen molar-refractivity contribution in [3.63, 3.8) is 0 Å². The Morgan fingerprint density at radius 3 is 2.07 bits per heavy atom. The van der Waals surface area contributed by atoms with Gasteiger partial charge in [-0.2, -0.15) is 0 Å². The molecule has 1 aliphatic rings. The van der Waals surface area contributed by atoms with Gasteiger partial charge in [0, 0.05) is 31.9 Å². The van der Waals surface area contributed by atoms with Crippen molar-refractivity contribution in [1.82, 2.24) is 15.1 Å². The quantitative estimate of drug-likeness (QED) is 0.250. The number of unbranched alkanes of at least 4 members (excludes halogenated alkanes) is 1. The van der Waals surface area contributed by atoms with Gasteiger partial charge in [-0.25, -0.2) is 4.79 Å². The van der Waals surface area contributed by atoms with Crippen LogP contribution in [0.5, 0.6) is 0 Å². The average Bonchev–Trinajstić information content (AvgIpc) is 2.96. The molecule has 2 aromatic carbocycles. The number of ether oxygens (including phenoxy) is 1. The van der Waals surface area contributed by atoms with Crippen LogP contribution in [0.2, 0.25) is 0 Å². The number of hydrogen-bond donors (Lipinski definition) is 2. The lowest BCUT2D eigenvalue weighted by Gasteiger charge is -2.33. The molecule has 7 heteroatoms. The second-order valence-electron chi connectivity index (χ2n) is 11.4. The van der Waals surface area contributed by atoms with Gasteiger partial charge in [-0.05, 0) is 57.9 Å². The zero-order valence-electron chi connectivity index (χ0n) is 26.0. The molecule has 0 saturated carbocycles. The molecule has 0 aromatic heterocycles. The van der Waals surface area contributed by atoms with Crippen LogP contribution in [-0.2, 0) is 17.8 Å². The van der Waals surface area contributed by atoms with E-state index in [1.807, 2.05) is 64.1 Å². The highest BCUT2D eigenvalue weighted by atomic mass is 16.6. The predicted molar refractivity (Wildman–Crippen MR) is 171 cm³/mol. The first kappa shape index (κ1) is 33.5. The van der Waals surface area contributed by atoms with Crippen molar-refractivity contribution < 1.29 is 9.53 Å². The molecule has 1 fully saturated rings. The average molecular weight is 562 g/mol. The minimum absolute atomic E-state index is 0.0910. The van der Waals surface area contributed by atoms with E-state index in [2.05, 4.69) is 54.9 Å². The first-order chi connectivity index (χ1) is 19.6. The summed E-state index contributed by atoms with van der Waals surface area (Å²) in [5.41, 5.74) is 10.1. The molecule has 41 heavy (non-hydrogen) atoms. The van der Waals surface area contributed by atoms with Crippen LogP contribution in [0.4, 0.5) is 4.79 Å². The Kier molecular flexibility index (Phi) is 14.0. The molecule has 1 heterocycles. The lowest BCUT2D eigenvalue weighted by molar-refractivity contribution is 0.0201. The number of carbonyl (C=O) groups is 1. The molecule has 3 rings (SSSR count). The van der Waals surface area contributed by atoms with Crippen LogP contribution in [-0.4, -0.2) is 46.5 Å². The number of nitrogens with zero attached hydrogens (tertiary/aromatic N) is 3. The molecule has 0 bridgehead atoms. The standard InChI is InChI=1S/C30H41N5O2.C4H10/c1-6-32-28(33-26-18-13-19-34(22-26)29(36)37-30(3,4)5)27(31)23(2)35(20-24-14-9-7-10-15-24)21-25-16-11-8-12-17-25;1-3-4-2/h6-12,14-17,26H,1,13,18-22,31H2,2-5H3,(H,32,33);3-4H2,1-2H3/b27-23-;. The van der Waals surface area contributed by atoms with E-state index in [9.17, 15) is 4.79 Å². The Morgan fingerprint density at radius 1 is 1.07 bits per heavy atom. The van der Waals surface area contributed by atoms with Crippen LogP contribution < -0.4 is 11.1 Å². The highest BCUT2D eigenvalue weighted by molar-refractivity contribution is 5.98. The fraction of sp³-hybridized carbons (Fsp3) is 0.471. The number of nitrogens with two attached hydrogens (primary N) is 1. The summed E-state index contributed by atoms with van der Waals surface area (Å²) in [5.74, 6) is 0.565. The molecular formula is C34H51N5O2. The molecule has 1 unspecified atom stereocenters. The number of benzene rings is 2.